The van der Waals surface area contributed by atoms with Gasteiger partial charge < -0.3 is 9.84 Å². The number of aliphatic hydroxyl groups is 1. The van der Waals surface area contributed by atoms with Crippen LogP contribution in [0.2, 0.25) is 0 Å². The van der Waals surface area contributed by atoms with Gasteiger partial charge >= 0.3 is 0 Å². The molecule has 1 aromatic rings. The average molecular weight is 290 g/mol. The summed E-state index contributed by atoms with van der Waals surface area (Å²) in [5, 5.41) is 9.83. The largest absolute Gasteiger partial charge is 0.494 e. The maximum absolute atomic E-state index is 9.83. The Morgan fingerprint density at radius 2 is 1.95 bits per heavy atom. The van der Waals surface area contributed by atoms with E-state index in [1.807, 2.05) is 6.92 Å². The summed E-state index contributed by atoms with van der Waals surface area (Å²) in [5.41, 5.74) is 1.33. The van der Waals surface area contributed by atoms with Crippen LogP contribution in [0.15, 0.2) is 24.3 Å². The van der Waals surface area contributed by atoms with E-state index in [2.05, 4.69) is 41.0 Å². The van der Waals surface area contributed by atoms with Crippen molar-refractivity contribution in [2.24, 2.45) is 0 Å². The maximum Gasteiger partial charge on any atom is 0.119 e. The Bertz CT molecular complexity index is 462. The number of benzene rings is 1. The minimum absolute atomic E-state index is 0.132. The van der Waals surface area contributed by atoms with Gasteiger partial charge in [0.25, 0.3) is 0 Å². The lowest BCUT2D eigenvalue weighted by Crippen LogP contribution is -2.54. The monoisotopic (exact) mass is 290 g/mol. The van der Waals surface area contributed by atoms with Crippen molar-refractivity contribution >= 4 is 0 Å². The highest BCUT2D eigenvalue weighted by molar-refractivity contribution is 5.27. The number of aliphatic hydroxyl groups excluding tert-OH is 1. The molecule has 2 saturated heterocycles. The molecule has 0 amide bonds. The third-order valence-corrected chi connectivity index (χ3v) is 4.69. The standard InChI is InChI=1S/C17H26N2O2/c1-3-21-17-6-4-14(5-7-17)10-18-11-15-8-16(20)12-19(15)9-13(18)2/h4-7,13,15-16,20H,3,8-12H2,1-2H3/t13-,15+,16+/m0/s1. The summed E-state index contributed by atoms with van der Waals surface area (Å²) < 4.78 is 5.49. The van der Waals surface area contributed by atoms with Crippen LogP contribution >= 0.6 is 0 Å². The molecule has 0 saturated carbocycles. The molecule has 0 aromatic heterocycles. The topological polar surface area (TPSA) is 35.9 Å². The molecule has 2 fully saturated rings. The van der Waals surface area contributed by atoms with Crippen molar-refractivity contribution in [2.45, 2.75) is 45.0 Å². The zero-order chi connectivity index (χ0) is 14.8. The molecule has 3 rings (SSSR count). The van der Waals surface area contributed by atoms with E-state index in [0.29, 0.717) is 18.7 Å². The van der Waals surface area contributed by atoms with Crippen molar-refractivity contribution < 1.29 is 9.84 Å². The number of nitrogens with zero attached hydrogens (tertiary/aromatic N) is 2. The summed E-state index contributed by atoms with van der Waals surface area (Å²) in [6.45, 7) is 8.97. The summed E-state index contributed by atoms with van der Waals surface area (Å²) in [4.78, 5) is 4.99. The molecule has 0 unspecified atom stereocenters. The summed E-state index contributed by atoms with van der Waals surface area (Å²) in [6, 6.07) is 9.50. The predicted molar refractivity (Wildman–Crippen MR) is 83.5 cm³/mol. The Morgan fingerprint density at radius 3 is 2.67 bits per heavy atom. The van der Waals surface area contributed by atoms with Gasteiger partial charge in [-0.05, 0) is 38.0 Å². The summed E-state index contributed by atoms with van der Waals surface area (Å²) >= 11 is 0. The highest BCUT2D eigenvalue weighted by Crippen LogP contribution is 2.26. The van der Waals surface area contributed by atoms with Crippen molar-refractivity contribution in [3.8, 4) is 5.75 Å². The van der Waals surface area contributed by atoms with Crippen molar-refractivity contribution in [3.05, 3.63) is 29.8 Å². The molecule has 0 radical (unpaired) electrons. The molecule has 0 spiro atoms. The van der Waals surface area contributed by atoms with Crippen LogP contribution in [0, 0.1) is 0 Å². The van der Waals surface area contributed by atoms with E-state index < -0.39 is 0 Å². The first kappa shape index (κ1) is 14.8. The molecule has 1 aromatic carbocycles. The zero-order valence-electron chi connectivity index (χ0n) is 13.0. The second-order valence-electron chi connectivity index (χ2n) is 6.35. The van der Waals surface area contributed by atoms with Gasteiger partial charge in [-0.3, -0.25) is 9.80 Å². The fourth-order valence-electron chi connectivity index (χ4n) is 3.59. The van der Waals surface area contributed by atoms with Crippen LogP contribution in [0.5, 0.6) is 5.75 Å². The van der Waals surface area contributed by atoms with Crippen LogP contribution in [-0.4, -0.2) is 59.3 Å². The van der Waals surface area contributed by atoms with Gasteiger partial charge in [-0.15, -0.1) is 0 Å². The van der Waals surface area contributed by atoms with Gasteiger partial charge in [0.2, 0.25) is 0 Å². The minimum atomic E-state index is -0.132. The number of piperazine rings is 1. The summed E-state index contributed by atoms with van der Waals surface area (Å²) in [6.07, 6.45) is 0.791. The van der Waals surface area contributed by atoms with Crippen molar-refractivity contribution in [1.29, 1.82) is 0 Å². The fraction of sp³-hybridized carbons (Fsp3) is 0.647. The normalized spacial score (nSPS) is 30.3. The van der Waals surface area contributed by atoms with Crippen LogP contribution < -0.4 is 4.74 Å². The van der Waals surface area contributed by atoms with Gasteiger partial charge in [-0.2, -0.15) is 0 Å². The van der Waals surface area contributed by atoms with Crippen molar-refractivity contribution in [2.75, 3.05) is 26.2 Å². The third kappa shape index (κ3) is 3.39. The molecule has 3 atom stereocenters. The van der Waals surface area contributed by atoms with E-state index in [-0.39, 0.29) is 6.10 Å². The minimum Gasteiger partial charge on any atom is -0.494 e. The van der Waals surface area contributed by atoms with E-state index >= 15 is 0 Å². The van der Waals surface area contributed by atoms with Crippen LogP contribution in [0.25, 0.3) is 0 Å². The second-order valence-corrected chi connectivity index (χ2v) is 6.35. The van der Waals surface area contributed by atoms with Gasteiger partial charge in [-0.25, -0.2) is 0 Å². The molecule has 4 nitrogen and oxygen atoms in total. The third-order valence-electron chi connectivity index (χ3n) is 4.69. The highest BCUT2D eigenvalue weighted by atomic mass is 16.5. The Hall–Kier alpha value is -1.10. The lowest BCUT2D eigenvalue weighted by molar-refractivity contribution is 0.0528. The average Bonchev–Trinajstić information content (AvgIpc) is 2.81. The Morgan fingerprint density at radius 1 is 1.19 bits per heavy atom. The molecule has 2 aliphatic rings. The molecular weight excluding hydrogens is 264 g/mol. The van der Waals surface area contributed by atoms with Crippen LogP contribution in [0.3, 0.4) is 0 Å². The van der Waals surface area contributed by atoms with E-state index in [4.69, 9.17) is 4.74 Å². The molecule has 2 heterocycles. The highest BCUT2D eigenvalue weighted by Gasteiger charge is 2.37. The van der Waals surface area contributed by atoms with Gasteiger partial charge in [0, 0.05) is 38.3 Å². The van der Waals surface area contributed by atoms with E-state index in [1.165, 1.54) is 5.56 Å². The SMILES string of the molecule is CCOc1ccc(CN2C[C@H]3C[C@@H](O)CN3C[C@@H]2C)cc1. The predicted octanol–water partition coefficient (Wildman–Crippen LogP) is 1.72. The van der Waals surface area contributed by atoms with Crippen LogP contribution in [0.4, 0.5) is 0 Å². The number of ether oxygens (including phenoxy) is 1. The summed E-state index contributed by atoms with van der Waals surface area (Å²) in [7, 11) is 0. The molecule has 4 heteroatoms. The lowest BCUT2D eigenvalue weighted by Gasteiger charge is -2.42. The molecule has 116 valence electrons. The van der Waals surface area contributed by atoms with E-state index in [0.717, 1.165) is 38.3 Å². The lowest BCUT2D eigenvalue weighted by atomic mass is 10.1. The molecule has 2 aliphatic heterocycles. The smallest absolute Gasteiger partial charge is 0.119 e. The second kappa shape index (κ2) is 6.34. The first-order valence-electron chi connectivity index (χ1n) is 8.03. The fourth-order valence-corrected chi connectivity index (χ4v) is 3.59. The van der Waals surface area contributed by atoms with Gasteiger partial charge in [0.05, 0.1) is 12.7 Å². The molecular formula is C17H26N2O2. The quantitative estimate of drug-likeness (QED) is 0.916. The van der Waals surface area contributed by atoms with Gasteiger partial charge in [0.15, 0.2) is 0 Å². The van der Waals surface area contributed by atoms with Crippen LogP contribution in [0.1, 0.15) is 25.8 Å². The summed E-state index contributed by atoms with van der Waals surface area (Å²) in [5.74, 6) is 0.943. The first-order valence-corrected chi connectivity index (χ1v) is 8.03. The van der Waals surface area contributed by atoms with Crippen molar-refractivity contribution in [1.82, 2.24) is 9.80 Å². The maximum atomic E-state index is 9.83. The molecule has 21 heavy (non-hydrogen) atoms. The van der Waals surface area contributed by atoms with Crippen LogP contribution in [-0.2, 0) is 6.54 Å². The van der Waals surface area contributed by atoms with E-state index in [1.54, 1.807) is 0 Å². The van der Waals surface area contributed by atoms with Gasteiger partial charge in [0.1, 0.15) is 5.75 Å². The Labute approximate surface area is 127 Å². The Kier molecular flexibility index (Phi) is 4.48. The van der Waals surface area contributed by atoms with Gasteiger partial charge in [-0.1, -0.05) is 12.1 Å². The molecule has 0 bridgehead atoms. The van der Waals surface area contributed by atoms with Crippen molar-refractivity contribution in [3.63, 3.8) is 0 Å². The number of rotatable bonds is 4. The number of hydrogen-bond acceptors (Lipinski definition) is 4. The first-order chi connectivity index (χ1) is 10.2. The molecule has 1 N–H and O–H groups in total. The van der Waals surface area contributed by atoms with E-state index in [9.17, 15) is 5.11 Å². The zero-order valence-corrected chi connectivity index (χ0v) is 13.0. The number of hydrogen-bond donors (Lipinski definition) is 1. The molecule has 0 aliphatic carbocycles. The number of fused-ring (bicyclic) bond motifs is 1. The Balaban J connectivity index is 1.61.